The predicted octanol–water partition coefficient (Wildman–Crippen LogP) is 2.65. The van der Waals surface area contributed by atoms with Crippen molar-refractivity contribution in [3.8, 4) is 11.6 Å². The van der Waals surface area contributed by atoms with Gasteiger partial charge in [-0.15, -0.1) is 16.9 Å². The zero-order valence-corrected chi connectivity index (χ0v) is 17.8. The van der Waals surface area contributed by atoms with Gasteiger partial charge in [0.25, 0.3) is 5.91 Å². The van der Waals surface area contributed by atoms with E-state index in [-0.39, 0.29) is 23.1 Å². The van der Waals surface area contributed by atoms with Crippen molar-refractivity contribution < 1.29 is 14.5 Å². The number of nitrogens with one attached hydrogen (secondary N) is 1. The molecule has 0 aliphatic heterocycles. The van der Waals surface area contributed by atoms with Gasteiger partial charge in [-0.1, -0.05) is 28.9 Å². The van der Waals surface area contributed by atoms with Crippen LogP contribution in [0.5, 0.6) is 5.75 Å². The Morgan fingerprint density at radius 2 is 2.09 bits per heavy atom. The molecule has 0 aliphatic carbocycles. The molecular formula is C19H15ClN8O3S. The quantitative estimate of drug-likeness (QED) is 0.210. The number of hydrazone groups is 1. The SMILES string of the molecule is Nc1nonc1-n1nnc(C(=O)N/N=C\c2cccc(O)c2)c1CSc1ccc(Cl)cc1. The molecule has 4 aromatic rings. The van der Waals surface area contributed by atoms with Crippen molar-refractivity contribution in [2.45, 2.75) is 10.6 Å². The number of aromatic hydroxyl groups is 1. The topological polar surface area (TPSA) is 157 Å². The number of amides is 1. The number of benzene rings is 2. The van der Waals surface area contributed by atoms with E-state index >= 15 is 0 Å². The van der Waals surface area contributed by atoms with Crippen molar-refractivity contribution in [1.82, 2.24) is 30.7 Å². The smallest absolute Gasteiger partial charge is 0.293 e. The number of aromatic nitrogens is 5. The van der Waals surface area contributed by atoms with E-state index in [1.54, 1.807) is 24.3 Å². The van der Waals surface area contributed by atoms with Crippen LogP contribution in [0.3, 0.4) is 0 Å². The number of phenols is 1. The number of thioether (sulfide) groups is 1. The monoisotopic (exact) mass is 470 g/mol. The lowest BCUT2D eigenvalue weighted by atomic mass is 10.2. The molecule has 162 valence electrons. The van der Waals surface area contributed by atoms with Crippen LogP contribution in [0.2, 0.25) is 5.02 Å². The molecule has 0 radical (unpaired) electrons. The van der Waals surface area contributed by atoms with Crippen LogP contribution in [-0.2, 0) is 5.75 Å². The molecule has 2 heterocycles. The van der Waals surface area contributed by atoms with E-state index in [0.717, 1.165) is 4.90 Å². The number of hydrogen-bond acceptors (Lipinski definition) is 10. The summed E-state index contributed by atoms with van der Waals surface area (Å²) in [7, 11) is 0. The summed E-state index contributed by atoms with van der Waals surface area (Å²) in [4.78, 5) is 13.7. The normalized spacial score (nSPS) is 11.2. The molecule has 13 heteroatoms. The van der Waals surface area contributed by atoms with Gasteiger partial charge in [-0.05, 0) is 52.3 Å². The minimum Gasteiger partial charge on any atom is -0.508 e. The number of rotatable bonds is 7. The molecule has 0 aliphatic rings. The molecular weight excluding hydrogens is 456 g/mol. The third-order valence-electron chi connectivity index (χ3n) is 4.11. The minimum atomic E-state index is -0.589. The van der Waals surface area contributed by atoms with Gasteiger partial charge in [0.2, 0.25) is 11.6 Å². The average molecular weight is 471 g/mol. The number of halogens is 1. The molecule has 4 N–H and O–H groups in total. The van der Waals surface area contributed by atoms with Gasteiger partial charge in [0.1, 0.15) is 5.75 Å². The van der Waals surface area contributed by atoms with Gasteiger partial charge in [-0.3, -0.25) is 4.79 Å². The van der Waals surface area contributed by atoms with E-state index in [2.05, 4.69) is 35.8 Å². The number of phenolic OH excluding ortho intramolecular Hbond substituents is 1. The maximum Gasteiger partial charge on any atom is 0.293 e. The zero-order valence-electron chi connectivity index (χ0n) is 16.2. The first-order chi connectivity index (χ1) is 15.5. The van der Waals surface area contributed by atoms with Gasteiger partial charge < -0.3 is 10.8 Å². The van der Waals surface area contributed by atoms with Crippen molar-refractivity contribution >= 4 is 41.3 Å². The molecule has 32 heavy (non-hydrogen) atoms. The number of nitrogens with zero attached hydrogens (tertiary/aromatic N) is 6. The van der Waals surface area contributed by atoms with Gasteiger partial charge in [-0.25, -0.2) is 10.1 Å². The number of carbonyl (C=O) groups excluding carboxylic acids is 1. The van der Waals surface area contributed by atoms with E-state index in [1.807, 2.05) is 12.1 Å². The van der Waals surface area contributed by atoms with Crippen molar-refractivity contribution in [2.75, 3.05) is 5.73 Å². The second kappa shape index (κ2) is 9.49. The lowest BCUT2D eigenvalue weighted by Crippen LogP contribution is -2.20. The minimum absolute atomic E-state index is 0.00140. The van der Waals surface area contributed by atoms with Crippen LogP contribution in [0.25, 0.3) is 5.82 Å². The Kier molecular flexibility index (Phi) is 6.33. The Balaban J connectivity index is 1.57. The van der Waals surface area contributed by atoms with Crippen LogP contribution in [0.4, 0.5) is 5.82 Å². The summed E-state index contributed by atoms with van der Waals surface area (Å²) in [5.74, 6) is -0.0779. The van der Waals surface area contributed by atoms with Crippen LogP contribution in [0, 0.1) is 0 Å². The lowest BCUT2D eigenvalue weighted by Gasteiger charge is -2.06. The number of nitrogen functional groups attached to an aromatic ring is 1. The first-order valence-corrected chi connectivity index (χ1v) is 10.4. The largest absolute Gasteiger partial charge is 0.508 e. The van der Waals surface area contributed by atoms with Crippen LogP contribution < -0.4 is 11.2 Å². The van der Waals surface area contributed by atoms with E-state index in [1.165, 1.54) is 34.8 Å². The molecule has 11 nitrogen and oxygen atoms in total. The van der Waals surface area contributed by atoms with E-state index in [9.17, 15) is 9.90 Å². The summed E-state index contributed by atoms with van der Waals surface area (Å²) in [5, 5.41) is 29.3. The maximum atomic E-state index is 12.7. The van der Waals surface area contributed by atoms with Gasteiger partial charge in [-0.2, -0.15) is 9.78 Å². The summed E-state index contributed by atoms with van der Waals surface area (Å²) in [6, 6.07) is 13.7. The highest BCUT2D eigenvalue weighted by Gasteiger charge is 2.24. The highest BCUT2D eigenvalue weighted by Crippen LogP contribution is 2.27. The Labute approximate surface area is 190 Å². The third kappa shape index (κ3) is 4.87. The first-order valence-electron chi connectivity index (χ1n) is 9.05. The van der Waals surface area contributed by atoms with E-state index in [4.69, 9.17) is 17.3 Å². The van der Waals surface area contributed by atoms with Gasteiger partial charge in [0.05, 0.1) is 11.9 Å². The van der Waals surface area contributed by atoms with Crippen LogP contribution >= 0.6 is 23.4 Å². The number of anilines is 1. The second-order valence-corrected chi connectivity index (χ2v) is 7.79. The third-order valence-corrected chi connectivity index (χ3v) is 5.39. The maximum absolute atomic E-state index is 12.7. The predicted molar refractivity (Wildman–Crippen MR) is 118 cm³/mol. The second-order valence-electron chi connectivity index (χ2n) is 6.31. The fourth-order valence-corrected chi connectivity index (χ4v) is 3.64. The Bertz CT molecular complexity index is 1270. The standard InChI is InChI=1S/C19H15ClN8O3S/c20-12-4-6-14(7-5-12)32-10-15-16(23-27-28(15)18-17(21)25-31-26-18)19(30)24-22-9-11-2-1-3-13(29)8-11/h1-9,29H,10H2,(H2,21,25)(H,24,30)/b22-9-. The molecule has 0 saturated heterocycles. The fraction of sp³-hybridized carbons (Fsp3) is 0.0526. The summed E-state index contributed by atoms with van der Waals surface area (Å²) in [5.41, 5.74) is 9.24. The highest BCUT2D eigenvalue weighted by atomic mass is 35.5. The Morgan fingerprint density at radius 3 is 2.81 bits per heavy atom. The van der Waals surface area contributed by atoms with Gasteiger partial charge >= 0.3 is 0 Å². The molecule has 0 bridgehead atoms. The molecule has 0 saturated carbocycles. The molecule has 0 atom stereocenters. The summed E-state index contributed by atoms with van der Waals surface area (Å²) >= 11 is 7.37. The van der Waals surface area contributed by atoms with Crippen molar-refractivity contribution in [2.24, 2.45) is 5.10 Å². The van der Waals surface area contributed by atoms with Gasteiger partial charge in [0.15, 0.2) is 5.69 Å². The molecule has 2 aromatic heterocycles. The van der Waals surface area contributed by atoms with Crippen LogP contribution in [0.15, 0.2) is 63.2 Å². The van der Waals surface area contributed by atoms with Crippen molar-refractivity contribution in [1.29, 1.82) is 0 Å². The molecule has 2 aromatic carbocycles. The fourth-order valence-electron chi connectivity index (χ4n) is 2.62. The van der Waals surface area contributed by atoms with Gasteiger partial charge in [0, 0.05) is 15.7 Å². The first kappa shape index (κ1) is 21.3. The molecule has 0 spiro atoms. The Hall–Kier alpha value is -3.90. The molecule has 0 unspecified atom stereocenters. The number of nitrogens with two attached hydrogens (primary N) is 1. The number of hydrogen-bond donors (Lipinski definition) is 3. The highest BCUT2D eigenvalue weighted by molar-refractivity contribution is 7.98. The number of carbonyl (C=O) groups is 1. The average Bonchev–Trinajstić information content (AvgIpc) is 3.39. The summed E-state index contributed by atoms with van der Waals surface area (Å²) in [6.45, 7) is 0. The summed E-state index contributed by atoms with van der Waals surface area (Å²) < 4.78 is 5.94. The van der Waals surface area contributed by atoms with Crippen molar-refractivity contribution in [3.05, 3.63) is 70.5 Å². The molecule has 4 rings (SSSR count). The van der Waals surface area contributed by atoms with Crippen molar-refractivity contribution in [3.63, 3.8) is 0 Å². The Morgan fingerprint density at radius 1 is 1.28 bits per heavy atom. The molecule has 0 fully saturated rings. The lowest BCUT2D eigenvalue weighted by molar-refractivity contribution is 0.0949. The van der Waals surface area contributed by atoms with Crippen LogP contribution in [-0.4, -0.2) is 42.5 Å². The van der Waals surface area contributed by atoms with E-state index < -0.39 is 5.91 Å². The molecule has 1 amide bonds. The summed E-state index contributed by atoms with van der Waals surface area (Å²) in [6.07, 6.45) is 1.39. The van der Waals surface area contributed by atoms with Crippen LogP contribution in [0.1, 0.15) is 21.7 Å². The zero-order chi connectivity index (χ0) is 22.5. The van der Waals surface area contributed by atoms with E-state index in [0.29, 0.717) is 22.0 Å².